The fourth-order valence-corrected chi connectivity index (χ4v) is 3.08. The fraction of sp³-hybridized carbons (Fsp3) is 0.467. The largest absolute Gasteiger partial charge is 0.450 e. The van der Waals surface area contributed by atoms with E-state index in [1.807, 2.05) is 0 Å². The van der Waals surface area contributed by atoms with Crippen LogP contribution in [0.4, 0.5) is 0 Å². The van der Waals surface area contributed by atoms with Gasteiger partial charge >= 0.3 is 5.97 Å². The van der Waals surface area contributed by atoms with Crippen LogP contribution in [0.2, 0.25) is 19.6 Å². The highest BCUT2D eigenvalue weighted by atomic mass is 28.3. The summed E-state index contributed by atoms with van der Waals surface area (Å²) >= 11 is 0. The van der Waals surface area contributed by atoms with Gasteiger partial charge in [-0.25, -0.2) is 0 Å². The quantitative estimate of drug-likeness (QED) is 0.310. The predicted octanol–water partition coefficient (Wildman–Crippen LogP) is 3.44. The molecule has 106 valence electrons. The van der Waals surface area contributed by atoms with Gasteiger partial charge in [-0.1, -0.05) is 37.5 Å². The van der Waals surface area contributed by atoms with E-state index in [0.29, 0.717) is 6.42 Å². The van der Waals surface area contributed by atoms with E-state index in [1.165, 1.54) is 13.0 Å². The number of hydrogen-bond acceptors (Lipinski definition) is 3. The molecule has 0 fully saturated rings. The molecule has 0 N–H and O–H groups in total. The molecule has 0 aliphatic heterocycles. The molecule has 4 heteroatoms. The molecule has 0 rings (SSSR count). The number of hydrogen-bond donors (Lipinski definition) is 0. The van der Waals surface area contributed by atoms with Gasteiger partial charge in [-0.3, -0.25) is 9.59 Å². The minimum atomic E-state index is -1.52. The highest BCUT2D eigenvalue weighted by molar-refractivity contribution is 6.81. The van der Waals surface area contributed by atoms with E-state index in [0.717, 1.165) is 5.57 Å². The third-order valence-electron chi connectivity index (χ3n) is 2.21. The number of carbonyl (C=O) groups is 2. The third kappa shape index (κ3) is 7.57. The van der Waals surface area contributed by atoms with Crippen molar-refractivity contribution in [3.05, 3.63) is 36.1 Å². The Morgan fingerprint density at radius 3 is 2.26 bits per heavy atom. The van der Waals surface area contributed by atoms with Gasteiger partial charge in [0.25, 0.3) is 0 Å². The molecule has 0 heterocycles. The lowest BCUT2D eigenvalue weighted by Crippen LogP contribution is -2.30. The molecule has 0 saturated carbocycles. The summed E-state index contributed by atoms with van der Waals surface area (Å²) in [5.41, 5.74) is 2.93. The molecule has 0 aromatic heterocycles. The monoisotopic (exact) mass is 280 g/mol. The van der Waals surface area contributed by atoms with Gasteiger partial charge in [0.15, 0.2) is 11.9 Å². The molecular formula is C15H24O3Si. The first-order chi connectivity index (χ1) is 8.71. The Bertz CT molecular complexity index is 400. The molecule has 0 aliphatic carbocycles. The predicted molar refractivity (Wildman–Crippen MR) is 81.6 cm³/mol. The van der Waals surface area contributed by atoms with E-state index in [9.17, 15) is 9.59 Å². The summed E-state index contributed by atoms with van der Waals surface area (Å²) in [4.78, 5) is 23.3. The van der Waals surface area contributed by atoms with Crippen molar-refractivity contribution < 1.29 is 14.3 Å². The molecule has 0 bridgehead atoms. The second-order valence-corrected chi connectivity index (χ2v) is 10.5. The zero-order valence-electron chi connectivity index (χ0n) is 12.5. The smallest absolute Gasteiger partial charge is 0.303 e. The lowest BCUT2D eigenvalue weighted by molar-refractivity contribution is -0.149. The average Bonchev–Trinajstić information content (AvgIpc) is 2.23. The average molecular weight is 280 g/mol. The molecule has 1 atom stereocenters. The van der Waals surface area contributed by atoms with Crippen LogP contribution in [0.5, 0.6) is 0 Å². The minimum Gasteiger partial charge on any atom is -0.450 e. The maximum Gasteiger partial charge on any atom is 0.303 e. The van der Waals surface area contributed by atoms with Crippen LogP contribution in [0.15, 0.2) is 36.1 Å². The van der Waals surface area contributed by atoms with Crippen LogP contribution in [0.3, 0.4) is 0 Å². The van der Waals surface area contributed by atoms with E-state index in [2.05, 4.69) is 31.9 Å². The molecule has 0 spiro atoms. The Balaban J connectivity index is 5.48. The molecule has 0 saturated heterocycles. The highest BCUT2D eigenvalue weighted by Gasteiger charge is 2.25. The molecule has 19 heavy (non-hydrogen) atoms. The Morgan fingerprint density at radius 2 is 1.89 bits per heavy atom. The van der Waals surface area contributed by atoms with E-state index >= 15 is 0 Å². The summed E-state index contributed by atoms with van der Waals surface area (Å²) in [6.07, 6.45) is 4.54. The van der Waals surface area contributed by atoms with Crippen molar-refractivity contribution in [1.29, 1.82) is 0 Å². The molecule has 0 aromatic rings. The summed E-state index contributed by atoms with van der Waals surface area (Å²) in [5, 5.41) is 0. The van der Waals surface area contributed by atoms with Crippen molar-refractivity contribution in [3.8, 4) is 0 Å². The van der Waals surface area contributed by atoms with Gasteiger partial charge in [0.05, 0.1) is 8.07 Å². The number of ketones is 1. The molecule has 0 amide bonds. The molecule has 0 aliphatic rings. The molecular weight excluding hydrogens is 256 g/mol. The van der Waals surface area contributed by atoms with Crippen molar-refractivity contribution in [3.63, 3.8) is 0 Å². The summed E-state index contributed by atoms with van der Waals surface area (Å²) < 4.78 is 5.19. The molecule has 0 radical (unpaired) electrons. The SMILES string of the molecule is C=CC/C(=C\[Si](C)(C)C)C(OC(C)=O)C(=O)/C=C/C. The number of allylic oxidation sites excluding steroid dienone is 2. The normalized spacial score (nSPS) is 14.3. The maximum atomic E-state index is 12.1. The van der Waals surface area contributed by atoms with E-state index in [4.69, 9.17) is 4.74 Å². The summed E-state index contributed by atoms with van der Waals surface area (Å²) in [5.74, 6) is -0.655. The van der Waals surface area contributed by atoms with E-state index < -0.39 is 20.1 Å². The first kappa shape index (κ1) is 17.6. The van der Waals surface area contributed by atoms with Crippen LogP contribution in [0.1, 0.15) is 20.3 Å². The first-order valence-electron chi connectivity index (χ1n) is 6.37. The van der Waals surface area contributed by atoms with Crippen LogP contribution in [0, 0.1) is 0 Å². The zero-order valence-corrected chi connectivity index (χ0v) is 13.5. The van der Waals surface area contributed by atoms with Crippen LogP contribution in [-0.4, -0.2) is 25.9 Å². The lowest BCUT2D eigenvalue weighted by Gasteiger charge is -2.20. The van der Waals surface area contributed by atoms with E-state index in [1.54, 1.807) is 19.1 Å². The number of carbonyl (C=O) groups excluding carboxylic acids is 2. The summed E-state index contributed by atoms with van der Waals surface area (Å²) in [6, 6.07) is 0. The van der Waals surface area contributed by atoms with Crippen molar-refractivity contribution in [2.24, 2.45) is 0 Å². The van der Waals surface area contributed by atoms with E-state index in [-0.39, 0.29) is 5.78 Å². The Kier molecular flexibility index (Phi) is 7.30. The van der Waals surface area contributed by atoms with Crippen LogP contribution < -0.4 is 0 Å². The van der Waals surface area contributed by atoms with Crippen molar-refractivity contribution in [1.82, 2.24) is 0 Å². The van der Waals surface area contributed by atoms with Crippen LogP contribution in [0.25, 0.3) is 0 Å². The summed E-state index contributed by atoms with van der Waals surface area (Å²) in [6.45, 7) is 13.3. The second-order valence-electron chi connectivity index (χ2n) is 5.47. The standard InChI is InChI=1S/C15H24O3Si/c1-7-9-13(11-19(4,5)6)15(18-12(3)16)14(17)10-8-2/h7-8,10-11,15H,1,9H2,2-6H3/b10-8+,13-11+. The molecule has 0 aromatic carbocycles. The minimum absolute atomic E-state index is 0.205. The van der Waals surface area contributed by atoms with Crippen molar-refractivity contribution >= 4 is 19.8 Å². The van der Waals surface area contributed by atoms with Gasteiger partial charge in [-0.15, -0.1) is 6.58 Å². The molecule has 1 unspecified atom stereocenters. The second kappa shape index (κ2) is 7.89. The van der Waals surface area contributed by atoms with Gasteiger partial charge in [0, 0.05) is 6.92 Å². The third-order valence-corrected chi connectivity index (χ3v) is 3.45. The number of ether oxygens (including phenoxy) is 1. The number of esters is 1. The Morgan fingerprint density at radius 1 is 1.32 bits per heavy atom. The van der Waals surface area contributed by atoms with Gasteiger partial charge in [-0.2, -0.15) is 0 Å². The maximum absolute atomic E-state index is 12.1. The zero-order chi connectivity index (χ0) is 15.1. The van der Waals surface area contributed by atoms with Gasteiger partial charge < -0.3 is 4.74 Å². The first-order valence-corrected chi connectivity index (χ1v) is 9.95. The lowest BCUT2D eigenvalue weighted by atomic mass is 10.0. The van der Waals surface area contributed by atoms with Crippen molar-refractivity contribution in [2.75, 3.05) is 0 Å². The number of rotatable bonds is 7. The fourth-order valence-electron chi connectivity index (χ4n) is 1.70. The van der Waals surface area contributed by atoms with Crippen molar-refractivity contribution in [2.45, 2.75) is 46.0 Å². The van der Waals surface area contributed by atoms with Gasteiger partial charge in [0.1, 0.15) is 0 Å². The Labute approximate surface area is 117 Å². The Hall–Kier alpha value is -1.42. The van der Waals surface area contributed by atoms with Gasteiger partial charge in [-0.05, 0) is 25.0 Å². The van der Waals surface area contributed by atoms with Gasteiger partial charge in [0.2, 0.25) is 0 Å². The molecule has 3 nitrogen and oxygen atoms in total. The summed E-state index contributed by atoms with van der Waals surface area (Å²) in [7, 11) is -1.52. The highest BCUT2D eigenvalue weighted by Crippen LogP contribution is 2.18. The van der Waals surface area contributed by atoms with Crippen LogP contribution >= 0.6 is 0 Å². The van der Waals surface area contributed by atoms with Crippen LogP contribution in [-0.2, 0) is 14.3 Å². The topological polar surface area (TPSA) is 43.4 Å².